The van der Waals surface area contributed by atoms with Crippen LogP contribution < -0.4 is 5.73 Å². The second kappa shape index (κ2) is 4.53. The Morgan fingerprint density at radius 3 is 2.82 bits per heavy atom. The Morgan fingerprint density at radius 2 is 2.06 bits per heavy atom. The number of rotatable bonds is 2. The third kappa shape index (κ3) is 2.06. The largest absolute Gasteiger partial charge is 0.320 e. The molecule has 0 fully saturated rings. The van der Waals surface area contributed by atoms with Gasteiger partial charge in [-0.05, 0) is 44.4 Å². The monoisotopic (exact) mass is 323 g/mol. The van der Waals surface area contributed by atoms with E-state index < -0.39 is 0 Å². The molecule has 0 aliphatic carbocycles. The molecule has 0 aliphatic rings. The summed E-state index contributed by atoms with van der Waals surface area (Å²) in [6, 6.07) is 10.5. The van der Waals surface area contributed by atoms with Gasteiger partial charge in [0.2, 0.25) is 0 Å². The molecule has 3 rings (SSSR count). The molecule has 0 spiro atoms. The molecule has 0 amide bonds. The van der Waals surface area contributed by atoms with E-state index in [2.05, 4.69) is 57.0 Å². The van der Waals surface area contributed by atoms with Crippen LogP contribution in [0, 0.1) is 0 Å². The van der Waals surface area contributed by atoms with Crippen molar-refractivity contribution in [1.29, 1.82) is 0 Å². The molecule has 86 valence electrons. The summed E-state index contributed by atoms with van der Waals surface area (Å²) in [5.41, 5.74) is 7.57. The molecule has 17 heavy (non-hydrogen) atoms. The lowest BCUT2D eigenvalue weighted by Crippen LogP contribution is -2.10. The molecular formula is C13H10BrNS2. The van der Waals surface area contributed by atoms with Gasteiger partial charge in [-0.2, -0.15) is 0 Å². The maximum Gasteiger partial charge on any atom is 0.0660 e. The molecule has 1 nitrogen and oxygen atoms in total. The van der Waals surface area contributed by atoms with Gasteiger partial charge < -0.3 is 5.73 Å². The third-order valence-corrected chi connectivity index (χ3v) is 5.49. The minimum atomic E-state index is -0.0337. The van der Waals surface area contributed by atoms with Crippen LogP contribution in [0.1, 0.15) is 16.5 Å². The van der Waals surface area contributed by atoms with Crippen LogP contribution in [-0.2, 0) is 0 Å². The van der Waals surface area contributed by atoms with Crippen molar-refractivity contribution in [3.8, 4) is 0 Å². The topological polar surface area (TPSA) is 26.0 Å². The van der Waals surface area contributed by atoms with Gasteiger partial charge in [0, 0.05) is 19.4 Å². The molecule has 2 heterocycles. The summed E-state index contributed by atoms with van der Waals surface area (Å²) in [4.78, 5) is 1.19. The summed E-state index contributed by atoms with van der Waals surface area (Å²) in [6.07, 6.45) is 0. The molecule has 1 unspecified atom stereocenters. The Bertz CT molecular complexity index is 656. The van der Waals surface area contributed by atoms with Gasteiger partial charge in [0.25, 0.3) is 0 Å². The average molecular weight is 324 g/mol. The standard InChI is InChI=1S/C13H10BrNS2/c14-9-6-11(17-7-9)12(15)10-3-1-2-8-4-5-16-13(8)10/h1-7,12H,15H2. The van der Waals surface area contributed by atoms with Gasteiger partial charge in [0.1, 0.15) is 0 Å². The lowest BCUT2D eigenvalue weighted by atomic mass is 10.0. The van der Waals surface area contributed by atoms with Crippen LogP contribution in [0.25, 0.3) is 10.1 Å². The maximum absolute atomic E-state index is 6.35. The predicted molar refractivity (Wildman–Crippen MR) is 79.9 cm³/mol. The fourth-order valence-corrected chi connectivity index (χ4v) is 4.32. The molecule has 0 saturated heterocycles. The molecule has 0 aliphatic heterocycles. The highest BCUT2D eigenvalue weighted by Gasteiger charge is 2.14. The zero-order chi connectivity index (χ0) is 11.8. The van der Waals surface area contributed by atoms with Crippen molar-refractivity contribution in [3.63, 3.8) is 0 Å². The molecule has 1 atom stereocenters. The second-order valence-electron chi connectivity index (χ2n) is 3.83. The Labute approximate surface area is 116 Å². The zero-order valence-corrected chi connectivity index (χ0v) is 12.1. The van der Waals surface area contributed by atoms with Gasteiger partial charge >= 0.3 is 0 Å². The highest BCUT2D eigenvalue weighted by atomic mass is 79.9. The molecular weight excluding hydrogens is 314 g/mol. The quantitative estimate of drug-likeness (QED) is 0.722. The summed E-state index contributed by atoms with van der Waals surface area (Å²) in [7, 11) is 0. The molecule has 0 radical (unpaired) electrons. The van der Waals surface area contributed by atoms with E-state index in [1.54, 1.807) is 22.7 Å². The summed E-state index contributed by atoms with van der Waals surface area (Å²) in [5.74, 6) is 0. The van der Waals surface area contributed by atoms with Gasteiger partial charge in [-0.25, -0.2) is 0 Å². The number of benzene rings is 1. The Morgan fingerprint density at radius 1 is 1.18 bits per heavy atom. The van der Waals surface area contributed by atoms with Crippen molar-refractivity contribution in [1.82, 2.24) is 0 Å². The van der Waals surface area contributed by atoms with Crippen molar-refractivity contribution in [2.75, 3.05) is 0 Å². The Balaban J connectivity index is 2.12. The Hall–Kier alpha value is -0.680. The number of fused-ring (bicyclic) bond motifs is 1. The molecule has 0 saturated carbocycles. The van der Waals surface area contributed by atoms with Gasteiger partial charge in [-0.1, -0.05) is 18.2 Å². The summed E-state index contributed by atoms with van der Waals surface area (Å²) in [5, 5.41) is 5.47. The normalized spacial score (nSPS) is 13.1. The number of halogens is 1. The van der Waals surface area contributed by atoms with E-state index in [0.717, 1.165) is 4.47 Å². The SMILES string of the molecule is NC(c1cc(Br)cs1)c1cccc2ccsc12. The van der Waals surface area contributed by atoms with Gasteiger partial charge in [-0.3, -0.25) is 0 Å². The molecule has 2 N–H and O–H groups in total. The van der Waals surface area contributed by atoms with Gasteiger partial charge in [0.05, 0.1) is 6.04 Å². The molecule has 1 aromatic carbocycles. The van der Waals surface area contributed by atoms with Crippen molar-refractivity contribution >= 4 is 48.7 Å². The van der Waals surface area contributed by atoms with Crippen LogP contribution in [0.3, 0.4) is 0 Å². The summed E-state index contributed by atoms with van der Waals surface area (Å²) < 4.78 is 2.40. The van der Waals surface area contributed by atoms with Crippen LogP contribution in [0.5, 0.6) is 0 Å². The smallest absolute Gasteiger partial charge is 0.0660 e. The highest BCUT2D eigenvalue weighted by Crippen LogP contribution is 2.34. The van der Waals surface area contributed by atoms with Crippen molar-refractivity contribution in [3.05, 3.63) is 56.0 Å². The van der Waals surface area contributed by atoms with Crippen LogP contribution in [0.2, 0.25) is 0 Å². The molecule has 4 heteroatoms. The first-order valence-electron chi connectivity index (χ1n) is 5.21. The zero-order valence-electron chi connectivity index (χ0n) is 8.89. The van der Waals surface area contributed by atoms with E-state index in [9.17, 15) is 0 Å². The first kappa shape index (κ1) is 11.4. The van der Waals surface area contributed by atoms with Crippen LogP contribution in [0.4, 0.5) is 0 Å². The van der Waals surface area contributed by atoms with Gasteiger partial charge in [-0.15, -0.1) is 22.7 Å². The summed E-state index contributed by atoms with van der Waals surface area (Å²) in [6.45, 7) is 0. The lowest BCUT2D eigenvalue weighted by molar-refractivity contribution is 0.905. The minimum Gasteiger partial charge on any atom is -0.320 e. The third-order valence-electron chi connectivity index (χ3n) is 2.74. The number of thiophene rings is 2. The minimum absolute atomic E-state index is 0.0337. The van der Waals surface area contributed by atoms with E-state index in [4.69, 9.17) is 5.73 Å². The summed E-state index contributed by atoms with van der Waals surface area (Å²) >= 11 is 6.93. The first-order valence-corrected chi connectivity index (χ1v) is 7.76. The fourth-order valence-electron chi connectivity index (χ4n) is 1.91. The van der Waals surface area contributed by atoms with Crippen molar-refractivity contribution < 1.29 is 0 Å². The van der Waals surface area contributed by atoms with E-state index in [0.29, 0.717) is 0 Å². The van der Waals surface area contributed by atoms with E-state index >= 15 is 0 Å². The van der Waals surface area contributed by atoms with Crippen LogP contribution in [0.15, 0.2) is 45.6 Å². The number of nitrogens with two attached hydrogens (primary N) is 1. The van der Waals surface area contributed by atoms with E-state index in [1.165, 1.54) is 20.5 Å². The van der Waals surface area contributed by atoms with E-state index in [-0.39, 0.29) is 6.04 Å². The number of hydrogen-bond donors (Lipinski definition) is 1. The van der Waals surface area contributed by atoms with Crippen LogP contribution >= 0.6 is 38.6 Å². The lowest BCUT2D eigenvalue weighted by Gasteiger charge is -2.11. The average Bonchev–Trinajstić information content (AvgIpc) is 2.95. The van der Waals surface area contributed by atoms with Crippen molar-refractivity contribution in [2.24, 2.45) is 5.73 Å². The predicted octanol–water partition coefficient (Wildman–Crippen LogP) is 4.77. The molecule has 3 aromatic rings. The van der Waals surface area contributed by atoms with Crippen LogP contribution in [-0.4, -0.2) is 0 Å². The highest BCUT2D eigenvalue weighted by molar-refractivity contribution is 9.10. The molecule has 2 aromatic heterocycles. The maximum atomic E-state index is 6.35. The Kier molecular flexibility index (Phi) is 3.04. The second-order valence-corrected chi connectivity index (χ2v) is 6.61. The van der Waals surface area contributed by atoms with Crippen molar-refractivity contribution in [2.45, 2.75) is 6.04 Å². The first-order chi connectivity index (χ1) is 8.25. The van der Waals surface area contributed by atoms with Gasteiger partial charge in [0.15, 0.2) is 0 Å². The molecule has 0 bridgehead atoms. The fraction of sp³-hybridized carbons (Fsp3) is 0.0769. The number of hydrogen-bond acceptors (Lipinski definition) is 3. The van der Waals surface area contributed by atoms with E-state index in [1.807, 2.05) is 0 Å².